The minimum Gasteiger partial charge on any atom is -0.347 e. The van der Waals surface area contributed by atoms with Crippen LogP contribution in [-0.2, 0) is 0 Å². The van der Waals surface area contributed by atoms with Gasteiger partial charge in [0.1, 0.15) is 5.82 Å². The highest BCUT2D eigenvalue weighted by molar-refractivity contribution is 5.07. The van der Waals surface area contributed by atoms with Gasteiger partial charge in [-0.3, -0.25) is 0 Å². The Balaban J connectivity index is 1.87. The van der Waals surface area contributed by atoms with Crippen molar-refractivity contribution in [1.82, 2.24) is 15.3 Å². The summed E-state index contributed by atoms with van der Waals surface area (Å²) in [6.45, 7) is 0. The molecule has 3 atom stereocenters. The molecule has 1 saturated heterocycles. The fraction of sp³-hybridized carbons (Fsp3) is 0.667. The van der Waals surface area contributed by atoms with E-state index in [0.717, 1.165) is 17.8 Å². The molecule has 1 aliphatic heterocycles. The molecule has 12 heavy (non-hydrogen) atoms. The van der Waals surface area contributed by atoms with Crippen molar-refractivity contribution in [2.75, 3.05) is 0 Å². The van der Waals surface area contributed by atoms with Crippen molar-refractivity contribution in [3.8, 4) is 0 Å². The van der Waals surface area contributed by atoms with Crippen molar-refractivity contribution in [1.29, 1.82) is 0 Å². The minimum atomic E-state index is 0.513. The first-order valence-corrected chi connectivity index (χ1v) is 4.69. The Morgan fingerprint density at radius 3 is 3.00 bits per heavy atom. The highest BCUT2D eigenvalue weighted by atomic mass is 15.1. The standard InChI is InChI=1S/C9H13N3/c1-2-7-5-6(1)8(12-7)9-10-3-4-11-9/h3-4,6-8,12H,1-2,5H2,(H,10,11)/t6-,7+,8-/m0/s1. The highest BCUT2D eigenvalue weighted by Gasteiger charge is 2.40. The Labute approximate surface area is 71.6 Å². The van der Waals surface area contributed by atoms with Crippen LogP contribution >= 0.6 is 0 Å². The molecule has 2 bridgehead atoms. The lowest BCUT2D eigenvalue weighted by Crippen LogP contribution is -2.29. The molecule has 3 nitrogen and oxygen atoms in total. The van der Waals surface area contributed by atoms with Gasteiger partial charge in [-0.1, -0.05) is 0 Å². The van der Waals surface area contributed by atoms with Crippen LogP contribution in [0.5, 0.6) is 0 Å². The van der Waals surface area contributed by atoms with Gasteiger partial charge < -0.3 is 10.3 Å². The van der Waals surface area contributed by atoms with Crippen molar-refractivity contribution < 1.29 is 0 Å². The third-order valence-corrected chi connectivity index (χ3v) is 3.17. The summed E-state index contributed by atoms with van der Waals surface area (Å²) in [6, 6.07) is 1.28. The number of aromatic nitrogens is 2. The zero-order chi connectivity index (χ0) is 7.97. The van der Waals surface area contributed by atoms with E-state index in [1.807, 2.05) is 12.4 Å². The fourth-order valence-corrected chi connectivity index (χ4v) is 2.61. The third kappa shape index (κ3) is 0.829. The topological polar surface area (TPSA) is 40.7 Å². The van der Waals surface area contributed by atoms with Crippen LogP contribution in [0.15, 0.2) is 12.4 Å². The quantitative estimate of drug-likeness (QED) is 0.653. The number of fused-ring (bicyclic) bond motifs is 2. The molecule has 0 spiro atoms. The molecule has 2 aliphatic rings. The first-order chi connectivity index (χ1) is 5.93. The zero-order valence-electron chi connectivity index (χ0n) is 6.96. The largest absolute Gasteiger partial charge is 0.347 e. The highest BCUT2D eigenvalue weighted by Crippen LogP contribution is 2.41. The second kappa shape index (κ2) is 2.33. The van der Waals surface area contributed by atoms with Crippen LogP contribution in [0.3, 0.4) is 0 Å². The van der Waals surface area contributed by atoms with Gasteiger partial charge in [-0.25, -0.2) is 4.98 Å². The predicted octanol–water partition coefficient (Wildman–Crippen LogP) is 1.22. The normalized spacial score (nSPS) is 39.2. The molecule has 2 N–H and O–H groups in total. The van der Waals surface area contributed by atoms with Gasteiger partial charge in [-0.2, -0.15) is 0 Å². The van der Waals surface area contributed by atoms with E-state index in [1.165, 1.54) is 19.3 Å². The van der Waals surface area contributed by atoms with E-state index in [2.05, 4.69) is 15.3 Å². The molecule has 0 radical (unpaired) electrons. The fourth-order valence-electron chi connectivity index (χ4n) is 2.61. The predicted molar refractivity (Wildman–Crippen MR) is 45.6 cm³/mol. The van der Waals surface area contributed by atoms with E-state index >= 15 is 0 Å². The van der Waals surface area contributed by atoms with Gasteiger partial charge in [0.15, 0.2) is 0 Å². The Kier molecular flexibility index (Phi) is 1.29. The maximum Gasteiger partial charge on any atom is 0.123 e. The van der Waals surface area contributed by atoms with Gasteiger partial charge in [-0.15, -0.1) is 0 Å². The number of imidazole rings is 1. The van der Waals surface area contributed by atoms with E-state index in [-0.39, 0.29) is 0 Å². The molecule has 1 saturated carbocycles. The lowest BCUT2D eigenvalue weighted by atomic mass is 10.00. The molecule has 1 aromatic heterocycles. The van der Waals surface area contributed by atoms with E-state index in [1.54, 1.807) is 0 Å². The summed E-state index contributed by atoms with van der Waals surface area (Å²) < 4.78 is 0. The summed E-state index contributed by atoms with van der Waals surface area (Å²) in [5.41, 5.74) is 0. The van der Waals surface area contributed by atoms with Gasteiger partial charge in [0.05, 0.1) is 6.04 Å². The smallest absolute Gasteiger partial charge is 0.123 e. The van der Waals surface area contributed by atoms with Gasteiger partial charge in [0, 0.05) is 18.4 Å². The van der Waals surface area contributed by atoms with E-state index in [4.69, 9.17) is 0 Å². The Morgan fingerprint density at radius 2 is 2.42 bits per heavy atom. The summed E-state index contributed by atoms with van der Waals surface area (Å²) >= 11 is 0. The second-order valence-corrected chi connectivity index (χ2v) is 3.89. The lowest BCUT2D eigenvalue weighted by molar-refractivity contribution is 0.379. The molecule has 0 aromatic carbocycles. The minimum absolute atomic E-state index is 0.513. The molecule has 2 heterocycles. The van der Waals surface area contributed by atoms with Gasteiger partial charge in [-0.05, 0) is 25.2 Å². The van der Waals surface area contributed by atoms with Crippen molar-refractivity contribution in [2.45, 2.75) is 31.3 Å². The number of H-pyrrole nitrogens is 1. The van der Waals surface area contributed by atoms with Gasteiger partial charge in [0.2, 0.25) is 0 Å². The Morgan fingerprint density at radius 1 is 1.42 bits per heavy atom. The van der Waals surface area contributed by atoms with Crippen LogP contribution in [0.2, 0.25) is 0 Å². The van der Waals surface area contributed by atoms with Crippen molar-refractivity contribution in [3.05, 3.63) is 18.2 Å². The molecule has 2 fully saturated rings. The number of rotatable bonds is 1. The van der Waals surface area contributed by atoms with E-state index in [9.17, 15) is 0 Å². The van der Waals surface area contributed by atoms with Crippen LogP contribution in [0.1, 0.15) is 31.1 Å². The van der Waals surface area contributed by atoms with Crippen LogP contribution in [0.25, 0.3) is 0 Å². The summed E-state index contributed by atoms with van der Waals surface area (Å²) in [4.78, 5) is 7.49. The Hall–Kier alpha value is -0.830. The number of hydrogen-bond acceptors (Lipinski definition) is 2. The molecule has 3 heteroatoms. The van der Waals surface area contributed by atoms with Crippen LogP contribution < -0.4 is 5.32 Å². The van der Waals surface area contributed by atoms with Crippen molar-refractivity contribution in [2.24, 2.45) is 5.92 Å². The molecular formula is C9H13N3. The average Bonchev–Trinajstić information content (AvgIpc) is 2.81. The number of aromatic amines is 1. The summed E-state index contributed by atoms with van der Waals surface area (Å²) in [6.07, 6.45) is 7.84. The van der Waals surface area contributed by atoms with Gasteiger partial charge in [0.25, 0.3) is 0 Å². The molecular weight excluding hydrogens is 150 g/mol. The van der Waals surface area contributed by atoms with E-state index < -0.39 is 0 Å². The number of nitrogens with one attached hydrogen (secondary N) is 2. The first kappa shape index (κ1) is 6.66. The average molecular weight is 163 g/mol. The summed E-state index contributed by atoms with van der Waals surface area (Å²) in [5, 5.41) is 3.60. The number of piperidine rings is 1. The maximum absolute atomic E-state index is 4.30. The molecule has 0 unspecified atom stereocenters. The maximum atomic E-state index is 4.30. The van der Waals surface area contributed by atoms with E-state index in [0.29, 0.717) is 6.04 Å². The third-order valence-electron chi connectivity index (χ3n) is 3.17. The monoisotopic (exact) mass is 163 g/mol. The first-order valence-electron chi connectivity index (χ1n) is 4.69. The number of nitrogens with zero attached hydrogens (tertiary/aromatic N) is 1. The molecule has 1 aliphatic carbocycles. The Bertz CT molecular complexity index is 267. The molecule has 0 amide bonds. The van der Waals surface area contributed by atoms with Crippen molar-refractivity contribution >= 4 is 0 Å². The molecule has 1 aromatic rings. The van der Waals surface area contributed by atoms with Crippen LogP contribution in [-0.4, -0.2) is 16.0 Å². The zero-order valence-corrected chi connectivity index (χ0v) is 6.96. The number of hydrogen-bond donors (Lipinski definition) is 2. The van der Waals surface area contributed by atoms with Crippen LogP contribution in [0.4, 0.5) is 0 Å². The second-order valence-electron chi connectivity index (χ2n) is 3.89. The van der Waals surface area contributed by atoms with Gasteiger partial charge >= 0.3 is 0 Å². The SMILES string of the molecule is c1c[nH]c([C@H]2N[C@@H]3CC[C@H]2C3)n1. The van der Waals surface area contributed by atoms with Crippen molar-refractivity contribution in [3.63, 3.8) is 0 Å². The lowest BCUT2D eigenvalue weighted by Gasteiger charge is -2.20. The molecule has 64 valence electrons. The van der Waals surface area contributed by atoms with Crippen LogP contribution in [0, 0.1) is 5.92 Å². The summed E-state index contributed by atoms with van der Waals surface area (Å²) in [5.74, 6) is 1.96. The molecule has 3 rings (SSSR count). The summed E-state index contributed by atoms with van der Waals surface area (Å²) in [7, 11) is 0.